The van der Waals surface area contributed by atoms with Crippen molar-refractivity contribution in [2.24, 2.45) is 0 Å². The van der Waals surface area contributed by atoms with Crippen LogP contribution < -0.4 is 5.32 Å². The highest BCUT2D eigenvalue weighted by molar-refractivity contribution is 7.47. The molecule has 0 spiro atoms. The molecule has 1 amide bonds. The fraction of sp³-hybridized carbons (Fsp3) is 0.656. The number of quaternary nitrogens is 1. The van der Waals surface area contributed by atoms with Crippen molar-refractivity contribution < 1.29 is 32.9 Å². The standard InChI is InChI=1S/C61H105N2O6P/c1-6-8-10-12-14-16-18-20-21-22-23-24-25-26-27-28-29-30-31-32-33-34-35-36-37-38-39-40-41-43-45-47-49-51-53-55-61(65)62-59(58-69-70(66,67)68-57-56-63(3,4)5)60(64)54-52-50-48-46-44-42-19-17-15-13-11-9-7-2/h8,10,14,16,20-21,23-24,26-27,29-30,32-33,35-36,38-39,52,54,59-60,64H,6-7,9,11-13,15,17-19,22,25,28,31,34,37,40-51,53,55-58H2,1-5H3,(H-,62,65,66,67)/p+1/b10-8-,16-14-,21-20-,24-23-,27-26-,30-29-,33-32-,36-35-,39-38-,54-52+. The maximum absolute atomic E-state index is 12.9. The second kappa shape index (κ2) is 50.8. The molecule has 0 bridgehead atoms. The highest BCUT2D eigenvalue weighted by Crippen LogP contribution is 2.43. The number of amides is 1. The number of rotatable bonds is 49. The third kappa shape index (κ3) is 52.7. The summed E-state index contributed by atoms with van der Waals surface area (Å²) in [6, 6.07) is -0.860. The van der Waals surface area contributed by atoms with E-state index in [0.29, 0.717) is 17.4 Å². The number of hydrogen-bond acceptors (Lipinski definition) is 5. The lowest BCUT2D eigenvalue weighted by Gasteiger charge is -2.25. The summed E-state index contributed by atoms with van der Waals surface area (Å²) in [6.45, 7) is 4.67. The molecule has 0 heterocycles. The number of carbonyl (C=O) groups excluding carboxylic acids is 1. The molecule has 0 aliphatic rings. The molecule has 0 saturated carbocycles. The van der Waals surface area contributed by atoms with E-state index >= 15 is 0 Å². The van der Waals surface area contributed by atoms with E-state index in [2.05, 4.69) is 129 Å². The number of phosphoric acid groups is 1. The molecule has 0 aliphatic heterocycles. The number of likely N-dealkylation sites (N-methyl/N-ethyl adjacent to an activating group) is 1. The summed E-state index contributed by atoms with van der Waals surface area (Å²) >= 11 is 0. The lowest BCUT2D eigenvalue weighted by molar-refractivity contribution is -0.870. The molecule has 0 aromatic carbocycles. The summed E-state index contributed by atoms with van der Waals surface area (Å²) in [4.78, 5) is 23.2. The number of nitrogens with zero attached hydrogens (tertiary/aromatic N) is 1. The lowest BCUT2D eigenvalue weighted by atomic mass is 10.0. The van der Waals surface area contributed by atoms with Gasteiger partial charge in [0.05, 0.1) is 39.9 Å². The smallest absolute Gasteiger partial charge is 0.387 e. The van der Waals surface area contributed by atoms with Crippen molar-refractivity contribution in [2.75, 3.05) is 40.9 Å². The number of hydrogen-bond donors (Lipinski definition) is 3. The first-order chi connectivity index (χ1) is 34.0. The van der Waals surface area contributed by atoms with Gasteiger partial charge < -0.3 is 19.8 Å². The van der Waals surface area contributed by atoms with Crippen LogP contribution in [0.15, 0.2) is 122 Å². The first-order valence-electron chi connectivity index (χ1n) is 27.9. The van der Waals surface area contributed by atoms with Gasteiger partial charge in [0.1, 0.15) is 13.2 Å². The molecule has 0 rings (SSSR count). The van der Waals surface area contributed by atoms with Gasteiger partial charge in [-0.05, 0) is 89.9 Å². The molecule has 0 aromatic rings. The third-order valence-electron chi connectivity index (χ3n) is 11.7. The van der Waals surface area contributed by atoms with Crippen LogP contribution >= 0.6 is 7.82 Å². The quantitative estimate of drug-likeness (QED) is 0.0243. The molecule has 400 valence electrons. The van der Waals surface area contributed by atoms with Gasteiger partial charge in [-0.25, -0.2) is 4.57 Å². The average molecular weight is 995 g/mol. The van der Waals surface area contributed by atoms with Crippen LogP contribution in [0.5, 0.6) is 0 Å². The van der Waals surface area contributed by atoms with Crippen molar-refractivity contribution in [1.82, 2.24) is 5.32 Å². The Hall–Kier alpha value is -3.10. The number of phosphoric ester groups is 1. The van der Waals surface area contributed by atoms with Crippen LogP contribution in [0.4, 0.5) is 0 Å². The Morgan fingerprint density at radius 1 is 0.500 bits per heavy atom. The van der Waals surface area contributed by atoms with Gasteiger partial charge in [0.15, 0.2) is 0 Å². The molecule has 3 N–H and O–H groups in total. The zero-order valence-electron chi connectivity index (χ0n) is 45.5. The van der Waals surface area contributed by atoms with Gasteiger partial charge >= 0.3 is 7.82 Å². The minimum atomic E-state index is -4.35. The van der Waals surface area contributed by atoms with E-state index in [9.17, 15) is 19.4 Å². The third-order valence-corrected chi connectivity index (χ3v) is 12.7. The van der Waals surface area contributed by atoms with Crippen LogP contribution in [0.2, 0.25) is 0 Å². The monoisotopic (exact) mass is 994 g/mol. The van der Waals surface area contributed by atoms with Crippen LogP contribution in [0.1, 0.15) is 206 Å². The van der Waals surface area contributed by atoms with Crippen molar-refractivity contribution in [1.29, 1.82) is 0 Å². The molecule has 8 nitrogen and oxygen atoms in total. The van der Waals surface area contributed by atoms with E-state index in [1.807, 2.05) is 27.2 Å². The predicted molar refractivity (Wildman–Crippen MR) is 304 cm³/mol. The van der Waals surface area contributed by atoms with Crippen molar-refractivity contribution in [3.05, 3.63) is 122 Å². The van der Waals surface area contributed by atoms with Crippen LogP contribution in [-0.2, 0) is 18.4 Å². The Balaban J connectivity index is 4.20. The second-order valence-corrected chi connectivity index (χ2v) is 21.0. The van der Waals surface area contributed by atoms with Gasteiger partial charge in [-0.1, -0.05) is 232 Å². The number of allylic oxidation sites excluding steroid dienone is 19. The SMILES string of the molecule is CC/C=C\C/C=C\C/C=C\C/C=C\C/C=C\C/C=C\C/C=C\C/C=C\C/C=C\CCCCCCCCCC(=O)NC(COP(=O)(O)OCC[N+](C)(C)C)C(O)/C=C/CCCCCCCCCCCCC. The molecule has 0 aromatic heterocycles. The Labute approximate surface area is 431 Å². The summed E-state index contributed by atoms with van der Waals surface area (Å²) < 4.78 is 23.6. The van der Waals surface area contributed by atoms with Crippen LogP contribution in [0.25, 0.3) is 0 Å². The Morgan fingerprint density at radius 3 is 1.26 bits per heavy atom. The lowest BCUT2D eigenvalue weighted by Crippen LogP contribution is -2.45. The van der Waals surface area contributed by atoms with E-state index in [0.717, 1.165) is 109 Å². The number of aliphatic hydroxyl groups is 1. The summed E-state index contributed by atoms with van der Waals surface area (Å²) in [5.74, 6) is -0.194. The molecular weight excluding hydrogens is 888 g/mol. The molecule has 3 atom stereocenters. The average Bonchev–Trinajstić information content (AvgIpc) is 3.32. The number of nitrogens with one attached hydrogen (secondary N) is 1. The molecule has 0 fully saturated rings. The first-order valence-corrected chi connectivity index (χ1v) is 29.4. The summed E-state index contributed by atoms with van der Waals surface area (Å²) in [7, 11) is 1.55. The van der Waals surface area contributed by atoms with E-state index in [1.165, 1.54) is 77.0 Å². The molecular formula is C61H106N2O6P+. The first kappa shape index (κ1) is 66.9. The van der Waals surface area contributed by atoms with Gasteiger partial charge in [-0.15, -0.1) is 0 Å². The van der Waals surface area contributed by atoms with Crippen LogP contribution in [-0.4, -0.2) is 73.4 Å². The molecule has 0 saturated heterocycles. The van der Waals surface area contributed by atoms with Crippen LogP contribution in [0, 0.1) is 0 Å². The van der Waals surface area contributed by atoms with Gasteiger partial charge in [-0.2, -0.15) is 0 Å². The van der Waals surface area contributed by atoms with Crippen molar-refractivity contribution in [2.45, 2.75) is 219 Å². The number of aliphatic hydroxyl groups excluding tert-OH is 1. The molecule has 70 heavy (non-hydrogen) atoms. The fourth-order valence-electron chi connectivity index (χ4n) is 7.33. The molecule has 0 aliphatic carbocycles. The highest BCUT2D eigenvalue weighted by atomic mass is 31.2. The number of carbonyl (C=O) groups is 1. The Morgan fingerprint density at radius 2 is 0.857 bits per heavy atom. The summed E-state index contributed by atoms with van der Waals surface area (Å²) in [5, 5.41) is 13.9. The second-order valence-electron chi connectivity index (χ2n) is 19.6. The Bertz CT molecular complexity index is 1550. The zero-order valence-corrected chi connectivity index (χ0v) is 46.4. The maximum Gasteiger partial charge on any atom is 0.472 e. The van der Waals surface area contributed by atoms with E-state index in [-0.39, 0.29) is 19.1 Å². The minimum Gasteiger partial charge on any atom is -0.387 e. The van der Waals surface area contributed by atoms with Crippen molar-refractivity contribution in [3.63, 3.8) is 0 Å². The van der Waals surface area contributed by atoms with E-state index in [4.69, 9.17) is 9.05 Å². The normalized spacial score (nSPS) is 14.9. The largest absolute Gasteiger partial charge is 0.472 e. The van der Waals surface area contributed by atoms with Crippen molar-refractivity contribution in [3.8, 4) is 0 Å². The van der Waals surface area contributed by atoms with E-state index < -0.39 is 20.0 Å². The summed E-state index contributed by atoms with van der Waals surface area (Å²) in [5.41, 5.74) is 0. The van der Waals surface area contributed by atoms with Crippen molar-refractivity contribution >= 4 is 13.7 Å². The molecule has 3 unspecified atom stereocenters. The maximum atomic E-state index is 12.9. The van der Waals surface area contributed by atoms with Gasteiger partial charge in [-0.3, -0.25) is 13.8 Å². The molecule has 0 radical (unpaired) electrons. The number of unbranched alkanes of at least 4 members (excludes halogenated alkanes) is 18. The Kier molecular flexibility index (Phi) is 48.6. The highest BCUT2D eigenvalue weighted by Gasteiger charge is 2.27. The van der Waals surface area contributed by atoms with Gasteiger partial charge in [0, 0.05) is 6.42 Å². The van der Waals surface area contributed by atoms with E-state index in [1.54, 1.807) is 6.08 Å². The minimum absolute atomic E-state index is 0.0529. The predicted octanol–water partition coefficient (Wildman–Crippen LogP) is 17.0. The fourth-order valence-corrected chi connectivity index (χ4v) is 8.06. The summed E-state index contributed by atoms with van der Waals surface area (Å²) in [6.07, 6.45) is 75.8. The van der Waals surface area contributed by atoms with Crippen LogP contribution in [0.3, 0.4) is 0 Å². The topological polar surface area (TPSA) is 105 Å². The van der Waals surface area contributed by atoms with Gasteiger partial charge in [0.25, 0.3) is 0 Å². The van der Waals surface area contributed by atoms with Gasteiger partial charge in [0.2, 0.25) is 5.91 Å². The molecule has 9 heteroatoms. The zero-order chi connectivity index (χ0) is 51.3.